The lowest BCUT2D eigenvalue weighted by molar-refractivity contribution is 0.430. The second kappa shape index (κ2) is 3.89. The molecule has 1 heterocycles. The molecule has 1 N–H and O–H groups in total. The predicted molar refractivity (Wildman–Crippen MR) is 56.0 cm³/mol. The van der Waals surface area contributed by atoms with Gasteiger partial charge in [0.15, 0.2) is 11.6 Å². The van der Waals surface area contributed by atoms with Crippen LogP contribution in [-0.4, -0.2) is 10.1 Å². The first kappa shape index (κ1) is 10.5. The van der Waals surface area contributed by atoms with Gasteiger partial charge in [0.05, 0.1) is 5.69 Å². The van der Waals surface area contributed by atoms with Crippen LogP contribution in [0.5, 0.6) is 5.75 Å². The summed E-state index contributed by atoms with van der Waals surface area (Å²) in [6.07, 6.45) is 1.57. The second-order valence-corrected chi connectivity index (χ2v) is 3.50. The topological polar surface area (TPSA) is 33.1 Å². The lowest BCUT2D eigenvalue weighted by atomic mass is 10.1. The number of aryl methyl sites for hydroxylation is 1. The Labute approximate surface area is 91.2 Å². The SMILES string of the molecule is Cc1ccc(-c2cc(F)cc(F)c2O)nc1. The minimum absolute atomic E-state index is 0.0532. The number of halogens is 2. The van der Waals surface area contributed by atoms with Gasteiger partial charge in [0.2, 0.25) is 0 Å². The van der Waals surface area contributed by atoms with Crippen molar-refractivity contribution >= 4 is 0 Å². The van der Waals surface area contributed by atoms with Crippen LogP contribution >= 0.6 is 0 Å². The monoisotopic (exact) mass is 221 g/mol. The molecule has 2 nitrogen and oxygen atoms in total. The molecule has 0 radical (unpaired) electrons. The van der Waals surface area contributed by atoms with E-state index in [4.69, 9.17) is 0 Å². The molecule has 4 heteroatoms. The van der Waals surface area contributed by atoms with Gasteiger partial charge in [-0.3, -0.25) is 4.98 Å². The van der Waals surface area contributed by atoms with Crippen molar-refractivity contribution in [2.75, 3.05) is 0 Å². The molecule has 0 atom stereocenters. The highest BCUT2D eigenvalue weighted by atomic mass is 19.1. The lowest BCUT2D eigenvalue weighted by Gasteiger charge is -2.05. The minimum atomic E-state index is -0.989. The second-order valence-electron chi connectivity index (χ2n) is 3.50. The number of aromatic nitrogens is 1. The molecule has 0 spiro atoms. The molecule has 2 aromatic rings. The van der Waals surface area contributed by atoms with E-state index in [2.05, 4.69) is 4.98 Å². The van der Waals surface area contributed by atoms with Gasteiger partial charge in [0.25, 0.3) is 0 Å². The van der Waals surface area contributed by atoms with Gasteiger partial charge in [-0.15, -0.1) is 0 Å². The Morgan fingerprint density at radius 2 is 1.94 bits per heavy atom. The highest BCUT2D eigenvalue weighted by Crippen LogP contribution is 2.30. The highest BCUT2D eigenvalue weighted by Gasteiger charge is 2.12. The number of phenolic OH excluding ortho intramolecular Hbond substituents is 1. The maximum absolute atomic E-state index is 13.1. The van der Waals surface area contributed by atoms with Gasteiger partial charge < -0.3 is 5.11 Å². The average Bonchev–Trinajstić information content (AvgIpc) is 2.25. The molecule has 82 valence electrons. The summed E-state index contributed by atoms with van der Waals surface area (Å²) in [5, 5.41) is 9.46. The zero-order valence-electron chi connectivity index (χ0n) is 8.54. The average molecular weight is 221 g/mol. The largest absolute Gasteiger partial charge is 0.504 e. The number of phenols is 1. The van der Waals surface area contributed by atoms with Gasteiger partial charge in [-0.2, -0.15) is 0 Å². The van der Waals surface area contributed by atoms with Gasteiger partial charge in [-0.1, -0.05) is 6.07 Å². The molecule has 1 aromatic carbocycles. The summed E-state index contributed by atoms with van der Waals surface area (Å²) < 4.78 is 26.1. The maximum Gasteiger partial charge on any atom is 0.168 e. The van der Waals surface area contributed by atoms with E-state index in [0.29, 0.717) is 11.8 Å². The van der Waals surface area contributed by atoms with E-state index in [-0.39, 0.29) is 5.56 Å². The quantitative estimate of drug-likeness (QED) is 0.802. The van der Waals surface area contributed by atoms with Crippen molar-refractivity contribution in [3.05, 3.63) is 47.7 Å². The summed E-state index contributed by atoms with van der Waals surface area (Å²) in [7, 11) is 0. The minimum Gasteiger partial charge on any atom is -0.504 e. The molecule has 0 aliphatic carbocycles. The molecule has 0 saturated carbocycles. The molecule has 2 rings (SSSR count). The third kappa shape index (κ3) is 1.86. The van der Waals surface area contributed by atoms with Crippen molar-refractivity contribution in [3.63, 3.8) is 0 Å². The van der Waals surface area contributed by atoms with Crippen LogP contribution in [0, 0.1) is 18.6 Å². The first-order valence-electron chi connectivity index (χ1n) is 4.69. The van der Waals surface area contributed by atoms with Crippen LogP contribution in [0.15, 0.2) is 30.5 Å². The van der Waals surface area contributed by atoms with E-state index in [0.717, 1.165) is 11.6 Å². The van der Waals surface area contributed by atoms with Crippen molar-refractivity contribution in [2.24, 2.45) is 0 Å². The van der Waals surface area contributed by atoms with E-state index < -0.39 is 17.4 Å². The Balaban J connectivity index is 2.59. The van der Waals surface area contributed by atoms with Gasteiger partial charge in [-0.05, 0) is 24.6 Å². The Kier molecular flexibility index (Phi) is 2.56. The molecular formula is C12H9F2NO. The van der Waals surface area contributed by atoms with E-state index in [1.165, 1.54) is 0 Å². The maximum atomic E-state index is 13.1. The molecule has 16 heavy (non-hydrogen) atoms. The van der Waals surface area contributed by atoms with Gasteiger partial charge in [-0.25, -0.2) is 8.78 Å². The number of hydrogen-bond acceptors (Lipinski definition) is 2. The Morgan fingerprint density at radius 3 is 2.56 bits per heavy atom. The normalized spacial score (nSPS) is 10.4. The molecule has 0 bridgehead atoms. The van der Waals surface area contributed by atoms with Crippen molar-refractivity contribution in [3.8, 4) is 17.0 Å². The van der Waals surface area contributed by atoms with Crippen LogP contribution in [0.2, 0.25) is 0 Å². The van der Waals surface area contributed by atoms with Gasteiger partial charge in [0, 0.05) is 17.8 Å². The number of benzene rings is 1. The lowest BCUT2D eigenvalue weighted by Crippen LogP contribution is -1.89. The molecule has 0 aliphatic rings. The van der Waals surface area contributed by atoms with Gasteiger partial charge >= 0.3 is 0 Å². The van der Waals surface area contributed by atoms with Crippen LogP contribution < -0.4 is 0 Å². The van der Waals surface area contributed by atoms with Crippen LogP contribution in [0.1, 0.15) is 5.56 Å². The van der Waals surface area contributed by atoms with Gasteiger partial charge in [0.1, 0.15) is 5.82 Å². The number of pyridine rings is 1. The molecule has 0 saturated heterocycles. The fourth-order valence-electron chi connectivity index (χ4n) is 1.39. The summed E-state index contributed by atoms with van der Waals surface area (Å²) in [5.74, 6) is -2.32. The highest BCUT2D eigenvalue weighted by molar-refractivity contribution is 5.67. The smallest absolute Gasteiger partial charge is 0.168 e. The standard InChI is InChI=1S/C12H9F2NO/c1-7-2-3-11(15-6-7)9-4-8(13)5-10(14)12(9)16/h2-6,16H,1H3. The van der Waals surface area contributed by atoms with Crippen LogP contribution in [0.4, 0.5) is 8.78 Å². The molecule has 1 aromatic heterocycles. The predicted octanol–water partition coefficient (Wildman–Crippen LogP) is 3.04. The molecule has 0 amide bonds. The Bertz CT molecular complexity index is 523. The van der Waals surface area contributed by atoms with E-state index in [9.17, 15) is 13.9 Å². The van der Waals surface area contributed by atoms with Crippen molar-refractivity contribution in [1.82, 2.24) is 4.98 Å². The Morgan fingerprint density at radius 1 is 1.19 bits per heavy atom. The summed E-state index contributed by atoms with van der Waals surface area (Å²) >= 11 is 0. The summed E-state index contributed by atoms with van der Waals surface area (Å²) in [6, 6.07) is 5.04. The van der Waals surface area contributed by atoms with Crippen molar-refractivity contribution in [1.29, 1.82) is 0 Å². The summed E-state index contributed by atoms with van der Waals surface area (Å²) in [6.45, 7) is 1.85. The van der Waals surface area contributed by atoms with E-state index in [1.807, 2.05) is 6.92 Å². The third-order valence-electron chi connectivity index (χ3n) is 2.22. The summed E-state index contributed by atoms with van der Waals surface area (Å²) in [5.41, 5.74) is 1.32. The number of nitrogens with zero attached hydrogens (tertiary/aromatic N) is 1. The van der Waals surface area contributed by atoms with Crippen molar-refractivity contribution < 1.29 is 13.9 Å². The van der Waals surface area contributed by atoms with Crippen LogP contribution in [0.25, 0.3) is 11.3 Å². The number of hydrogen-bond donors (Lipinski definition) is 1. The van der Waals surface area contributed by atoms with Crippen LogP contribution in [-0.2, 0) is 0 Å². The number of rotatable bonds is 1. The van der Waals surface area contributed by atoms with E-state index in [1.54, 1.807) is 18.3 Å². The number of aromatic hydroxyl groups is 1. The molecule has 0 fully saturated rings. The van der Waals surface area contributed by atoms with E-state index >= 15 is 0 Å². The van der Waals surface area contributed by atoms with Crippen LogP contribution in [0.3, 0.4) is 0 Å². The summed E-state index contributed by atoms with van der Waals surface area (Å²) in [4.78, 5) is 4.00. The molecular weight excluding hydrogens is 212 g/mol. The molecule has 0 aliphatic heterocycles. The fraction of sp³-hybridized carbons (Fsp3) is 0.0833. The fourth-order valence-corrected chi connectivity index (χ4v) is 1.39. The Hall–Kier alpha value is -1.97. The zero-order chi connectivity index (χ0) is 11.7. The zero-order valence-corrected chi connectivity index (χ0v) is 8.54. The first-order chi connectivity index (χ1) is 7.58. The first-order valence-corrected chi connectivity index (χ1v) is 4.69. The van der Waals surface area contributed by atoms with Crippen molar-refractivity contribution in [2.45, 2.75) is 6.92 Å². The third-order valence-corrected chi connectivity index (χ3v) is 2.22. The molecule has 0 unspecified atom stereocenters.